The smallest absolute Gasteiger partial charge is 0.254 e. The standard InChI is InChI=1S/C24H28N4OS2/c1-5-19-16(3)14-28(17(19)4)23(29)20-12-18(10-9-15(20)2)30-22-13-26-24(31-22)27-21-8-6-7-11-25-21/h6-13,16-17,19H,5,14H2,1-4H3,(H,25,26,27). The van der Waals surface area contributed by atoms with E-state index in [0.717, 1.165) is 44.1 Å². The lowest BCUT2D eigenvalue weighted by Gasteiger charge is -2.25. The fourth-order valence-corrected chi connectivity index (χ4v) is 6.31. The topological polar surface area (TPSA) is 58.1 Å². The lowest BCUT2D eigenvalue weighted by Crippen LogP contribution is -2.36. The molecule has 1 aromatic carbocycles. The van der Waals surface area contributed by atoms with Gasteiger partial charge >= 0.3 is 0 Å². The van der Waals surface area contributed by atoms with Crippen LogP contribution in [-0.2, 0) is 0 Å². The highest BCUT2D eigenvalue weighted by Crippen LogP contribution is 2.37. The van der Waals surface area contributed by atoms with Crippen molar-refractivity contribution in [1.82, 2.24) is 14.9 Å². The number of benzene rings is 1. The Morgan fingerprint density at radius 2 is 2.10 bits per heavy atom. The first-order valence-electron chi connectivity index (χ1n) is 10.7. The van der Waals surface area contributed by atoms with Gasteiger partial charge in [0.05, 0.1) is 10.4 Å². The molecule has 1 saturated heterocycles. The van der Waals surface area contributed by atoms with E-state index >= 15 is 0 Å². The molecule has 0 aliphatic carbocycles. The summed E-state index contributed by atoms with van der Waals surface area (Å²) in [4.78, 5) is 25.2. The van der Waals surface area contributed by atoms with Crippen LogP contribution in [0.2, 0.25) is 0 Å². The molecule has 3 atom stereocenters. The predicted molar refractivity (Wildman–Crippen MR) is 128 cm³/mol. The van der Waals surface area contributed by atoms with E-state index in [4.69, 9.17) is 0 Å². The number of hydrogen-bond acceptors (Lipinski definition) is 6. The van der Waals surface area contributed by atoms with E-state index < -0.39 is 0 Å². The largest absolute Gasteiger partial charge is 0.335 e. The summed E-state index contributed by atoms with van der Waals surface area (Å²) in [7, 11) is 0. The first kappa shape index (κ1) is 21.8. The molecule has 0 radical (unpaired) electrons. The van der Waals surface area contributed by atoms with Crippen LogP contribution in [0, 0.1) is 18.8 Å². The van der Waals surface area contributed by atoms with Crippen LogP contribution in [0.4, 0.5) is 10.9 Å². The van der Waals surface area contributed by atoms with Crippen molar-refractivity contribution < 1.29 is 4.79 Å². The van der Waals surface area contributed by atoms with Gasteiger partial charge < -0.3 is 10.2 Å². The van der Waals surface area contributed by atoms with Crippen molar-refractivity contribution in [2.24, 2.45) is 11.8 Å². The number of rotatable bonds is 6. The number of anilines is 2. The Balaban J connectivity index is 1.49. The number of thiazole rings is 1. The molecule has 1 aliphatic rings. The Morgan fingerprint density at radius 1 is 1.26 bits per heavy atom. The average molecular weight is 453 g/mol. The number of pyridine rings is 1. The predicted octanol–water partition coefficient (Wildman–Crippen LogP) is 6.25. The van der Waals surface area contributed by atoms with Crippen LogP contribution in [0.3, 0.4) is 0 Å². The van der Waals surface area contributed by atoms with Gasteiger partial charge in [-0.05, 0) is 55.5 Å². The van der Waals surface area contributed by atoms with Crippen molar-refractivity contribution in [1.29, 1.82) is 0 Å². The van der Waals surface area contributed by atoms with Gasteiger partial charge in [-0.15, -0.1) is 0 Å². The SMILES string of the molecule is CCC1C(C)CN(C(=O)c2cc(Sc3cnc(Nc4ccccn4)s3)ccc2C)C1C. The molecule has 2 aromatic heterocycles. The zero-order chi connectivity index (χ0) is 22.0. The number of amides is 1. The van der Waals surface area contributed by atoms with Crippen molar-refractivity contribution in [3.63, 3.8) is 0 Å². The molecule has 1 aliphatic heterocycles. The Hall–Kier alpha value is -2.38. The average Bonchev–Trinajstić information content (AvgIpc) is 3.32. The zero-order valence-electron chi connectivity index (χ0n) is 18.3. The summed E-state index contributed by atoms with van der Waals surface area (Å²) in [5.74, 6) is 2.04. The van der Waals surface area contributed by atoms with E-state index in [9.17, 15) is 4.79 Å². The fraction of sp³-hybridized carbons (Fsp3) is 0.375. The third-order valence-corrected chi connectivity index (χ3v) is 8.11. The second-order valence-corrected chi connectivity index (χ2v) is 10.6. The zero-order valence-corrected chi connectivity index (χ0v) is 20.0. The van der Waals surface area contributed by atoms with Gasteiger partial charge in [-0.2, -0.15) is 0 Å². The highest BCUT2D eigenvalue weighted by molar-refractivity contribution is 8.01. The summed E-state index contributed by atoms with van der Waals surface area (Å²) in [6, 6.07) is 12.2. The summed E-state index contributed by atoms with van der Waals surface area (Å²) in [5.41, 5.74) is 1.83. The number of aromatic nitrogens is 2. The van der Waals surface area contributed by atoms with Crippen LogP contribution >= 0.6 is 23.1 Å². The van der Waals surface area contributed by atoms with Crippen LogP contribution < -0.4 is 5.32 Å². The molecule has 1 fully saturated rings. The van der Waals surface area contributed by atoms with E-state index in [2.05, 4.69) is 47.0 Å². The van der Waals surface area contributed by atoms with Gasteiger partial charge in [0.2, 0.25) is 0 Å². The maximum absolute atomic E-state index is 13.4. The van der Waals surface area contributed by atoms with Gasteiger partial charge in [0, 0.05) is 29.2 Å². The van der Waals surface area contributed by atoms with Gasteiger partial charge in [-0.1, -0.05) is 55.5 Å². The Kier molecular flexibility index (Phi) is 6.62. The molecule has 3 aromatic rings. The highest BCUT2D eigenvalue weighted by atomic mass is 32.2. The van der Waals surface area contributed by atoms with E-state index in [-0.39, 0.29) is 11.9 Å². The van der Waals surface area contributed by atoms with E-state index in [0.29, 0.717) is 11.8 Å². The number of nitrogens with zero attached hydrogens (tertiary/aromatic N) is 3. The molecule has 7 heteroatoms. The van der Waals surface area contributed by atoms with E-state index in [1.807, 2.05) is 43.5 Å². The van der Waals surface area contributed by atoms with Crippen LogP contribution in [0.25, 0.3) is 0 Å². The van der Waals surface area contributed by atoms with E-state index in [1.165, 1.54) is 0 Å². The van der Waals surface area contributed by atoms with Gasteiger partial charge in [-0.25, -0.2) is 9.97 Å². The molecule has 3 heterocycles. The minimum atomic E-state index is 0.150. The van der Waals surface area contributed by atoms with Crippen molar-refractivity contribution in [3.8, 4) is 0 Å². The van der Waals surface area contributed by atoms with Gasteiger partial charge in [0.15, 0.2) is 5.13 Å². The highest BCUT2D eigenvalue weighted by Gasteiger charge is 2.38. The summed E-state index contributed by atoms with van der Waals surface area (Å²) in [6.07, 6.45) is 4.72. The molecule has 0 bridgehead atoms. The van der Waals surface area contributed by atoms with Crippen molar-refractivity contribution in [2.75, 3.05) is 11.9 Å². The quantitative estimate of drug-likeness (QED) is 0.479. The normalized spacial score (nSPS) is 20.8. The van der Waals surface area contributed by atoms with Gasteiger partial charge in [0.25, 0.3) is 5.91 Å². The maximum atomic E-state index is 13.4. The number of carbonyl (C=O) groups is 1. The van der Waals surface area contributed by atoms with Crippen molar-refractivity contribution in [2.45, 2.75) is 49.3 Å². The number of nitrogens with one attached hydrogen (secondary N) is 1. The van der Waals surface area contributed by atoms with Crippen LogP contribution in [0.1, 0.15) is 43.1 Å². The van der Waals surface area contributed by atoms with Crippen molar-refractivity contribution in [3.05, 3.63) is 59.9 Å². The van der Waals surface area contributed by atoms with Crippen molar-refractivity contribution >= 4 is 40.0 Å². The van der Waals surface area contributed by atoms with Crippen LogP contribution in [-0.4, -0.2) is 33.4 Å². The minimum Gasteiger partial charge on any atom is -0.335 e. The molecule has 31 heavy (non-hydrogen) atoms. The minimum absolute atomic E-state index is 0.150. The second-order valence-electron chi connectivity index (χ2n) is 8.15. The Bertz CT molecular complexity index is 1050. The van der Waals surface area contributed by atoms with Gasteiger partial charge in [0.1, 0.15) is 5.82 Å². The number of hydrogen-bond donors (Lipinski definition) is 1. The lowest BCUT2D eigenvalue weighted by atomic mass is 9.90. The van der Waals surface area contributed by atoms with Gasteiger partial charge in [-0.3, -0.25) is 4.79 Å². The molecule has 1 amide bonds. The molecule has 0 spiro atoms. The number of aryl methyl sites for hydroxylation is 1. The molecular weight excluding hydrogens is 424 g/mol. The first-order valence-corrected chi connectivity index (χ1v) is 12.3. The summed E-state index contributed by atoms with van der Waals surface area (Å²) >= 11 is 3.21. The first-order chi connectivity index (χ1) is 15.0. The number of carbonyl (C=O) groups excluding carboxylic acids is 1. The molecule has 5 nitrogen and oxygen atoms in total. The van der Waals surface area contributed by atoms with Crippen LogP contribution in [0.15, 0.2) is 57.9 Å². The molecular formula is C24H28N4OS2. The maximum Gasteiger partial charge on any atom is 0.254 e. The monoisotopic (exact) mass is 452 g/mol. The third-order valence-electron chi connectivity index (χ3n) is 6.10. The molecule has 0 saturated carbocycles. The van der Waals surface area contributed by atoms with Crippen LogP contribution in [0.5, 0.6) is 0 Å². The number of likely N-dealkylation sites (tertiary alicyclic amines) is 1. The second kappa shape index (κ2) is 9.40. The summed E-state index contributed by atoms with van der Waals surface area (Å²) < 4.78 is 1.06. The Morgan fingerprint density at radius 3 is 2.81 bits per heavy atom. The third kappa shape index (κ3) is 4.77. The summed E-state index contributed by atoms with van der Waals surface area (Å²) in [6.45, 7) is 9.53. The molecule has 1 N–H and O–H groups in total. The molecule has 162 valence electrons. The Labute approximate surface area is 192 Å². The fourth-order valence-electron chi connectivity index (χ4n) is 4.41. The molecule has 4 rings (SSSR count). The van der Waals surface area contributed by atoms with E-state index in [1.54, 1.807) is 29.3 Å². The lowest BCUT2D eigenvalue weighted by molar-refractivity contribution is 0.0729. The molecule has 3 unspecified atom stereocenters. The summed E-state index contributed by atoms with van der Waals surface area (Å²) in [5, 5.41) is 4.03.